The van der Waals surface area contributed by atoms with Crippen molar-refractivity contribution in [2.75, 3.05) is 0 Å². The topological polar surface area (TPSA) is 64.8 Å². The van der Waals surface area contributed by atoms with Gasteiger partial charge in [-0.2, -0.15) is 0 Å². The summed E-state index contributed by atoms with van der Waals surface area (Å²) in [4.78, 5) is 32.0. The Morgan fingerprint density at radius 2 is 1.95 bits per heavy atom. The molecule has 0 N–H and O–H groups in total. The number of fused-ring (bicyclic) bond motifs is 1. The number of rotatable bonds is 2. The van der Waals surface area contributed by atoms with E-state index in [0.717, 1.165) is 15.9 Å². The zero-order valence-electron chi connectivity index (χ0n) is 10.1. The van der Waals surface area contributed by atoms with Gasteiger partial charge in [0.1, 0.15) is 5.15 Å². The van der Waals surface area contributed by atoms with E-state index < -0.39 is 0 Å². The van der Waals surface area contributed by atoms with Gasteiger partial charge in [-0.15, -0.1) is 0 Å². The second-order valence-electron chi connectivity index (χ2n) is 4.09. The number of benzene rings is 1. The molecule has 1 aromatic carbocycles. The van der Waals surface area contributed by atoms with E-state index in [4.69, 9.17) is 11.6 Å². The van der Waals surface area contributed by atoms with Gasteiger partial charge in [-0.1, -0.05) is 35.1 Å². The third-order valence-electron chi connectivity index (χ3n) is 2.77. The minimum absolute atomic E-state index is 0.0865. The molecular weight excluding hydrogens is 298 g/mol. The second kappa shape index (κ2) is 5.15. The van der Waals surface area contributed by atoms with Gasteiger partial charge in [-0.3, -0.25) is 19.1 Å². The fourth-order valence-electron chi connectivity index (χ4n) is 1.83. The van der Waals surface area contributed by atoms with Gasteiger partial charge in [0, 0.05) is 4.70 Å². The summed E-state index contributed by atoms with van der Waals surface area (Å²) < 4.78 is 1.84. The summed E-state index contributed by atoms with van der Waals surface area (Å²) in [5.41, 5.74) is 0.192. The van der Waals surface area contributed by atoms with Crippen molar-refractivity contribution in [2.45, 2.75) is 6.54 Å². The van der Waals surface area contributed by atoms with Gasteiger partial charge < -0.3 is 0 Å². The van der Waals surface area contributed by atoms with Crippen molar-refractivity contribution in [1.29, 1.82) is 0 Å². The monoisotopic (exact) mass is 305 g/mol. The van der Waals surface area contributed by atoms with Crippen molar-refractivity contribution in [1.82, 2.24) is 14.5 Å². The van der Waals surface area contributed by atoms with E-state index in [1.165, 1.54) is 12.4 Å². The molecule has 0 bridgehead atoms. The van der Waals surface area contributed by atoms with Crippen LogP contribution in [0.2, 0.25) is 5.15 Å². The molecule has 0 radical (unpaired) electrons. The smallest absolute Gasteiger partial charge is 0.269 e. The molecule has 0 saturated carbocycles. The molecule has 0 spiro atoms. The Kier molecular flexibility index (Phi) is 3.33. The quantitative estimate of drug-likeness (QED) is 0.725. The summed E-state index contributed by atoms with van der Waals surface area (Å²) in [6, 6.07) is 7.03. The van der Waals surface area contributed by atoms with Crippen LogP contribution < -0.4 is 10.4 Å². The van der Waals surface area contributed by atoms with Crippen LogP contribution in [0.4, 0.5) is 0 Å². The highest BCUT2D eigenvalue weighted by Crippen LogP contribution is 2.11. The van der Waals surface area contributed by atoms with Crippen molar-refractivity contribution in [2.24, 2.45) is 0 Å². The molecule has 2 heterocycles. The van der Waals surface area contributed by atoms with Crippen LogP contribution in [0.1, 0.15) is 5.69 Å². The average Bonchev–Trinajstić information content (AvgIpc) is 2.45. The number of hydrogen-bond acceptors (Lipinski definition) is 5. The van der Waals surface area contributed by atoms with Gasteiger partial charge in [0.2, 0.25) is 0 Å². The van der Waals surface area contributed by atoms with Crippen LogP contribution >= 0.6 is 22.9 Å². The molecule has 0 aliphatic rings. The van der Waals surface area contributed by atoms with E-state index in [1.54, 1.807) is 24.3 Å². The van der Waals surface area contributed by atoms with E-state index in [2.05, 4.69) is 9.97 Å². The lowest BCUT2D eigenvalue weighted by Crippen LogP contribution is -2.31. The first kappa shape index (κ1) is 13.0. The Morgan fingerprint density at radius 1 is 1.15 bits per heavy atom. The summed E-state index contributed by atoms with van der Waals surface area (Å²) in [5.74, 6) is 0. The normalized spacial score (nSPS) is 10.8. The Morgan fingerprint density at radius 3 is 2.70 bits per heavy atom. The third-order valence-corrected chi connectivity index (χ3v) is 3.94. The standard InChI is InChI=1S/C13H8ClN3O2S/c14-11-6-15-8(5-16-11)7-17-12(18)9-3-1-2-4-10(9)20-13(17)19/h1-6H,7H2. The third kappa shape index (κ3) is 2.35. The molecule has 100 valence electrons. The van der Waals surface area contributed by atoms with Crippen LogP contribution in [0.5, 0.6) is 0 Å². The molecule has 5 nitrogen and oxygen atoms in total. The predicted octanol–water partition coefficient (Wildman–Crippen LogP) is 1.91. The fourth-order valence-corrected chi connectivity index (χ4v) is 2.78. The zero-order chi connectivity index (χ0) is 14.1. The maximum atomic E-state index is 12.3. The SMILES string of the molecule is O=c1sc2ccccc2c(=O)n1Cc1cnc(Cl)cn1. The lowest BCUT2D eigenvalue weighted by molar-refractivity contribution is 0.728. The maximum absolute atomic E-state index is 12.3. The number of halogens is 1. The molecule has 0 atom stereocenters. The lowest BCUT2D eigenvalue weighted by Gasteiger charge is -2.04. The number of nitrogens with zero attached hydrogens (tertiary/aromatic N) is 3. The van der Waals surface area contributed by atoms with E-state index in [-0.39, 0.29) is 22.1 Å². The molecule has 7 heteroatoms. The highest BCUT2D eigenvalue weighted by Gasteiger charge is 2.09. The largest absolute Gasteiger partial charge is 0.310 e. The Labute approximate surface area is 122 Å². The van der Waals surface area contributed by atoms with Gasteiger partial charge >= 0.3 is 4.87 Å². The van der Waals surface area contributed by atoms with E-state index >= 15 is 0 Å². The number of hydrogen-bond donors (Lipinski definition) is 0. The van der Waals surface area contributed by atoms with Gasteiger partial charge in [-0.25, -0.2) is 4.98 Å². The van der Waals surface area contributed by atoms with Crippen LogP contribution in [0, 0.1) is 0 Å². The maximum Gasteiger partial charge on any atom is 0.310 e. The molecule has 0 aliphatic carbocycles. The Hall–Kier alpha value is -2.05. The van der Waals surface area contributed by atoms with Crippen LogP contribution in [0.15, 0.2) is 46.2 Å². The Balaban J connectivity index is 2.14. The highest BCUT2D eigenvalue weighted by atomic mass is 35.5. The van der Waals surface area contributed by atoms with Crippen molar-refractivity contribution in [3.05, 3.63) is 67.5 Å². The molecule has 20 heavy (non-hydrogen) atoms. The molecule has 0 fully saturated rings. The van der Waals surface area contributed by atoms with E-state index in [0.29, 0.717) is 15.8 Å². The van der Waals surface area contributed by atoms with E-state index in [9.17, 15) is 9.59 Å². The summed E-state index contributed by atoms with van der Waals surface area (Å²) in [6.45, 7) is 0.0865. The molecule has 3 rings (SSSR count). The predicted molar refractivity (Wildman–Crippen MR) is 78.5 cm³/mol. The van der Waals surface area contributed by atoms with Crippen LogP contribution in [-0.2, 0) is 6.54 Å². The van der Waals surface area contributed by atoms with E-state index in [1.807, 2.05) is 0 Å². The van der Waals surface area contributed by atoms with Gasteiger partial charge in [0.25, 0.3) is 5.56 Å². The van der Waals surface area contributed by atoms with Crippen molar-refractivity contribution >= 4 is 33.0 Å². The lowest BCUT2D eigenvalue weighted by atomic mass is 10.3. The Bertz CT molecular complexity index is 886. The average molecular weight is 306 g/mol. The molecule has 3 aromatic rings. The van der Waals surface area contributed by atoms with Crippen molar-refractivity contribution in [3.8, 4) is 0 Å². The summed E-state index contributed by atoms with van der Waals surface area (Å²) in [5, 5.41) is 0.795. The summed E-state index contributed by atoms with van der Waals surface area (Å²) in [6.07, 6.45) is 2.84. The van der Waals surface area contributed by atoms with Crippen LogP contribution in [-0.4, -0.2) is 14.5 Å². The molecule has 0 aliphatic heterocycles. The first-order chi connectivity index (χ1) is 9.65. The summed E-state index contributed by atoms with van der Waals surface area (Å²) in [7, 11) is 0. The molecule has 2 aromatic heterocycles. The minimum atomic E-state index is -0.318. The minimum Gasteiger partial charge on any atom is -0.269 e. The number of aromatic nitrogens is 3. The van der Waals surface area contributed by atoms with Crippen molar-refractivity contribution in [3.63, 3.8) is 0 Å². The summed E-state index contributed by atoms with van der Waals surface area (Å²) >= 11 is 6.69. The fraction of sp³-hybridized carbons (Fsp3) is 0.0769. The first-order valence-corrected chi connectivity index (χ1v) is 6.94. The second-order valence-corrected chi connectivity index (χ2v) is 5.47. The molecule has 0 amide bonds. The van der Waals surface area contributed by atoms with Gasteiger partial charge in [0.05, 0.1) is 30.0 Å². The molecule has 0 saturated heterocycles. The van der Waals surface area contributed by atoms with Crippen LogP contribution in [0.3, 0.4) is 0 Å². The highest BCUT2D eigenvalue weighted by molar-refractivity contribution is 7.16. The van der Waals surface area contributed by atoms with Crippen LogP contribution in [0.25, 0.3) is 10.1 Å². The van der Waals surface area contributed by atoms with Gasteiger partial charge in [-0.05, 0) is 12.1 Å². The zero-order valence-corrected chi connectivity index (χ0v) is 11.7. The first-order valence-electron chi connectivity index (χ1n) is 5.74. The van der Waals surface area contributed by atoms with Crippen molar-refractivity contribution < 1.29 is 0 Å². The van der Waals surface area contributed by atoms with Gasteiger partial charge in [0.15, 0.2) is 0 Å². The molecular formula is C13H8ClN3O2S. The molecule has 0 unspecified atom stereocenters.